The Bertz CT molecular complexity index is 1220. The fraction of sp³-hybridized carbons (Fsp3) is 0.429. The molecule has 2 unspecified atom stereocenters. The van der Waals surface area contributed by atoms with E-state index in [1.54, 1.807) is 25.9 Å². The van der Waals surface area contributed by atoms with Crippen LogP contribution in [0.5, 0.6) is 0 Å². The molecule has 3 heterocycles. The summed E-state index contributed by atoms with van der Waals surface area (Å²) >= 11 is 0. The molecule has 0 spiro atoms. The van der Waals surface area contributed by atoms with Crippen LogP contribution in [-0.4, -0.2) is 71.1 Å². The number of carbonyl (C=O) groups is 2. The molecule has 1 aromatic heterocycles. The van der Waals surface area contributed by atoms with Gasteiger partial charge in [0.25, 0.3) is 0 Å². The molecule has 184 valence electrons. The zero-order chi connectivity index (χ0) is 24.6. The number of hydrogen-bond acceptors (Lipinski definition) is 4. The lowest BCUT2D eigenvalue weighted by atomic mass is 9.95. The van der Waals surface area contributed by atoms with Gasteiger partial charge in [-0.2, -0.15) is 0 Å². The quantitative estimate of drug-likeness (QED) is 0.571. The van der Waals surface area contributed by atoms with Gasteiger partial charge in [0.1, 0.15) is 11.6 Å². The van der Waals surface area contributed by atoms with Crippen LogP contribution in [0.1, 0.15) is 37.5 Å². The van der Waals surface area contributed by atoms with Crippen LogP contribution in [0.25, 0.3) is 10.9 Å². The van der Waals surface area contributed by atoms with Crippen LogP contribution in [0.15, 0.2) is 60.8 Å². The number of hydrogen-bond donors (Lipinski definition) is 1. The van der Waals surface area contributed by atoms with E-state index in [-0.39, 0.29) is 17.9 Å². The Labute approximate surface area is 206 Å². The first-order chi connectivity index (χ1) is 16.9. The first kappa shape index (κ1) is 23.6. The van der Waals surface area contributed by atoms with Gasteiger partial charge in [-0.3, -0.25) is 14.5 Å². The normalized spacial score (nSPS) is 21.1. The number of methoxy groups -OCH3 is 1. The summed E-state index contributed by atoms with van der Waals surface area (Å²) in [6.45, 7) is 7.04. The Morgan fingerprint density at radius 1 is 1.06 bits per heavy atom. The molecular weight excluding hydrogens is 440 g/mol. The molecule has 2 saturated heterocycles. The number of nitrogens with one attached hydrogen (secondary N) is 1. The molecule has 0 aliphatic carbocycles. The average Bonchev–Trinajstić information content (AvgIpc) is 3.22. The summed E-state index contributed by atoms with van der Waals surface area (Å²) in [6.07, 6.45) is 2.97. The number of para-hydroxylation sites is 1. The van der Waals surface area contributed by atoms with Gasteiger partial charge in [-0.1, -0.05) is 48.5 Å². The van der Waals surface area contributed by atoms with E-state index in [1.807, 2.05) is 6.07 Å². The fourth-order valence-electron chi connectivity index (χ4n) is 5.46. The summed E-state index contributed by atoms with van der Waals surface area (Å²) in [4.78, 5) is 29.5. The predicted octanol–water partition coefficient (Wildman–Crippen LogP) is 3.19. The Hall–Kier alpha value is -3.16. The molecule has 5 rings (SSSR count). The maximum absolute atomic E-state index is 12.8. The van der Waals surface area contributed by atoms with Crippen LogP contribution in [-0.2, 0) is 20.9 Å². The van der Waals surface area contributed by atoms with E-state index >= 15 is 0 Å². The molecule has 2 fully saturated rings. The van der Waals surface area contributed by atoms with Crippen molar-refractivity contribution in [1.29, 1.82) is 0 Å². The molecule has 0 radical (unpaired) electrons. The van der Waals surface area contributed by atoms with Gasteiger partial charge in [0.05, 0.1) is 6.10 Å². The van der Waals surface area contributed by atoms with E-state index in [9.17, 15) is 9.59 Å². The summed E-state index contributed by atoms with van der Waals surface area (Å²) in [5, 5.41) is 4.09. The van der Waals surface area contributed by atoms with Gasteiger partial charge in [-0.15, -0.1) is 0 Å². The van der Waals surface area contributed by atoms with E-state index in [0.717, 1.165) is 26.1 Å². The van der Waals surface area contributed by atoms with Crippen LogP contribution in [0.4, 0.5) is 0 Å². The molecule has 35 heavy (non-hydrogen) atoms. The minimum absolute atomic E-state index is 0.00254. The molecule has 7 heteroatoms. The van der Waals surface area contributed by atoms with Crippen molar-refractivity contribution in [1.82, 2.24) is 19.7 Å². The van der Waals surface area contributed by atoms with Crippen LogP contribution in [0.2, 0.25) is 0 Å². The fourth-order valence-corrected chi connectivity index (χ4v) is 5.46. The van der Waals surface area contributed by atoms with Crippen molar-refractivity contribution >= 4 is 22.7 Å². The first-order valence-electron chi connectivity index (χ1n) is 12.4. The van der Waals surface area contributed by atoms with Gasteiger partial charge in [-0.05, 0) is 31.9 Å². The Kier molecular flexibility index (Phi) is 6.38. The van der Waals surface area contributed by atoms with Crippen molar-refractivity contribution in [2.24, 2.45) is 0 Å². The van der Waals surface area contributed by atoms with Gasteiger partial charge >= 0.3 is 0 Å². The molecule has 0 saturated carbocycles. The van der Waals surface area contributed by atoms with Gasteiger partial charge in [-0.25, -0.2) is 0 Å². The standard InChI is InChI=1S/C28H34N4O3/c1-28(2)27(34)32-16-15-30(19-24(32)26(33)29-28)14-13-25(35-3)22-18-31(17-20-9-5-4-6-10-20)23-12-8-7-11-21(22)23/h4-12,18,24-25H,13-17,19H2,1-3H3,(H,29,33). The second-order valence-electron chi connectivity index (χ2n) is 10.2. The van der Waals surface area contributed by atoms with Crippen molar-refractivity contribution in [2.45, 2.75) is 44.5 Å². The molecular formula is C28H34N4O3. The van der Waals surface area contributed by atoms with E-state index in [1.165, 1.54) is 22.0 Å². The summed E-state index contributed by atoms with van der Waals surface area (Å²) in [5.74, 6) is -0.0608. The molecule has 3 aromatic rings. The number of aromatic nitrogens is 1. The Morgan fingerprint density at radius 2 is 1.80 bits per heavy atom. The molecule has 2 atom stereocenters. The minimum atomic E-state index is -0.829. The monoisotopic (exact) mass is 474 g/mol. The van der Waals surface area contributed by atoms with E-state index < -0.39 is 11.6 Å². The van der Waals surface area contributed by atoms with Crippen molar-refractivity contribution in [3.8, 4) is 0 Å². The number of fused-ring (bicyclic) bond motifs is 2. The third-order valence-electron chi connectivity index (χ3n) is 7.35. The zero-order valence-corrected chi connectivity index (χ0v) is 20.7. The van der Waals surface area contributed by atoms with Gasteiger partial charge < -0.3 is 19.5 Å². The molecule has 7 nitrogen and oxygen atoms in total. The number of benzene rings is 2. The minimum Gasteiger partial charge on any atom is -0.377 e. The summed E-state index contributed by atoms with van der Waals surface area (Å²) in [5.41, 5.74) is 2.81. The van der Waals surface area contributed by atoms with Crippen LogP contribution in [0.3, 0.4) is 0 Å². The Balaban J connectivity index is 1.30. The molecule has 1 N–H and O–H groups in total. The second-order valence-corrected chi connectivity index (χ2v) is 10.2. The van der Waals surface area contributed by atoms with Gasteiger partial charge in [0.15, 0.2) is 0 Å². The van der Waals surface area contributed by atoms with Crippen LogP contribution < -0.4 is 5.32 Å². The number of nitrogens with zero attached hydrogens (tertiary/aromatic N) is 3. The first-order valence-corrected chi connectivity index (χ1v) is 12.4. The SMILES string of the molecule is COC(CCN1CCN2C(=O)C(C)(C)NC(=O)C2C1)c1cn(Cc2ccccc2)c2ccccc12. The lowest BCUT2D eigenvalue weighted by Gasteiger charge is -2.47. The highest BCUT2D eigenvalue weighted by atomic mass is 16.5. The van der Waals surface area contributed by atoms with E-state index in [0.29, 0.717) is 13.1 Å². The third-order valence-corrected chi connectivity index (χ3v) is 7.35. The molecule has 0 bridgehead atoms. The Morgan fingerprint density at radius 3 is 2.57 bits per heavy atom. The van der Waals surface area contributed by atoms with Crippen molar-refractivity contribution in [2.75, 3.05) is 33.3 Å². The number of carbonyl (C=O) groups excluding carboxylic acids is 2. The molecule has 2 amide bonds. The van der Waals surface area contributed by atoms with Crippen molar-refractivity contribution in [3.63, 3.8) is 0 Å². The summed E-state index contributed by atoms with van der Waals surface area (Å²) < 4.78 is 8.28. The summed E-state index contributed by atoms with van der Waals surface area (Å²) in [7, 11) is 1.77. The maximum Gasteiger partial charge on any atom is 0.248 e. The third kappa shape index (κ3) is 4.58. The molecule has 2 aliphatic rings. The number of piperazine rings is 2. The zero-order valence-electron chi connectivity index (χ0n) is 20.7. The summed E-state index contributed by atoms with van der Waals surface area (Å²) in [6, 6.07) is 18.5. The highest BCUT2D eigenvalue weighted by Crippen LogP contribution is 2.31. The topological polar surface area (TPSA) is 66.8 Å². The van der Waals surface area contributed by atoms with Gasteiger partial charge in [0, 0.05) is 62.5 Å². The molecule has 2 aromatic carbocycles. The van der Waals surface area contributed by atoms with Crippen molar-refractivity contribution < 1.29 is 14.3 Å². The predicted molar refractivity (Wildman–Crippen MR) is 136 cm³/mol. The van der Waals surface area contributed by atoms with Crippen LogP contribution >= 0.6 is 0 Å². The van der Waals surface area contributed by atoms with Gasteiger partial charge in [0.2, 0.25) is 11.8 Å². The van der Waals surface area contributed by atoms with Crippen molar-refractivity contribution in [3.05, 3.63) is 71.9 Å². The highest BCUT2D eigenvalue weighted by Gasteiger charge is 2.47. The van der Waals surface area contributed by atoms with E-state index in [2.05, 4.69) is 69.5 Å². The lowest BCUT2D eigenvalue weighted by molar-refractivity contribution is -0.157. The van der Waals surface area contributed by atoms with Crippen LogP contribution in [0, 0.1) is 0 Å². The maximum atomic E-state index is 12.8. The number of ether oxygens (including phenoxy) is 1. The average molecular weight is 475 g/mol. The second kappa shape index (κ2) is 9.47. The smallest absolute Gasteiger partial charge is 0.248 e. The lowest BCUT2D eigenvalue weighted by Crippen LogP contribution is -2.72. The highest BCUT2D eigenvalue weighted by molar-refractivity contribution is 5.99. The largest absolute Gasteiger partial charge is 0.377 e. The van der Waals surface area contributed by atoms with E-state index in [4.69, 9.17) is 4.74 Å². The molecule has 2 aliphatic heterocycles. The number of rotatable bonds is 7. The number of amides is 2.